The summed E-state index contributed by atoms with van der Waals surface area (Å²) in [5, 5.41) is 13.0. The number of hydrogen-bond donors (Lipinski definition) is 5. The van der Waals surface area contributed by atoms with Gasteiger partial charge in [-0.15, -0.1) is 0 Å². The average Bonchev–Trinajstić information content (AvgIpc) is 2.27. The van der Waals surface area contributed by atoms with E-state index in [-0.39, 0.29) is 0 Å². The summed E-state index contributed by atoms with van der Waals surface area (Å²) in [6, 6.07) is -2.44. The van der Waals surface area contributed by atoms with Crippen LogP contribution in [0.5, 0.6) is 0 Å². The van der Waals surface area contributed by atoms with E-state index in [1.54, 1.807) is 0 Å². The third kappa shape index (κ3) is 5.27. The molecule has 3 amide bonds. The maximum Gasteiger partial charge on any atom is 0.265 e. The van der Waals surface area contributed by atoms with Crippen molar-refractivity contribution in [3.8, 4) is 0 Å². The smallest absolute Gasteiger partial charge is 0.265 e. The molecule has 0 saturated carbocycles. The molecule has 0 spiro atoms. The summed E-state index contributed by atoms with van der Waals surface area (Å²) in [4.78, 5) is 33.6. The number of carbonyl (C=O) groups excluding carboxylic acids is 3. The monoisotopic (exact) mass is 246 g/mol. The summed E-state index contributed by atoms with van der Waals surface area (Å²) < 4.78 is 0. The van der Waals surface area contributed by atoms with Gasteiger partial charge in [0.2, 0.25) is 11.8 Å². The van der Waals surface area contributed by atoms with Gasteiger partial charge in [-0.2, -0.15) is 0 Å². The Morgan fingerprint density at radius 3 is 1.76 bits per heavy atom. The molecule has 3 atom stereocenters. The Morgan fingerprint density at radius 1 is 0.941 bits per heavy atom. The highest BCUT2D eigenvalue weighted by Gasteiger charge is 2.21. The highest BCUT2D eigenvalue weighted by Crippen LogP contribution is 1.88. The van der Waals surface area contributed by atoms with Gasteiger partial charge in [0.15, 0.2) is 0 Å². The van der Waals surface area contributed by atoms with Crippen LogP contribution in [0.1, 0.15) is 20.8 Å². The molecule has 0 aliphatic carbocycles. The molecule has 3 unspecified atom stereocenters. The topological polar surface area (TPSA) is 134 Å². The predicted molar refractivity (Wildman–Crippen MR) is 58.8 cm³/mol. The van der Waals surface area contributed by atoms with Crippen molar-refractivity contribution in [2.75, 3.05) is 0 Å². The quantitative estimate of drug-likeness (QED) is 0.278. The third-order valence-electron chi connectivity index (χ3n) is 2.03. The third-order valence-corrected chi connectivity index (χ3v) is 2.03. The van der Waals surface area contributed by atoms with Gasteiger partial charge in [0.05, 0.1) is 6.04 Å². The zero-order chi connectivity index (χ0) is 13.6. The Kier molecular flexibility index (Phi) is 6.15. The number of hydroxylamine groups is 1. The number of nitrogens with one attached hydrogen (secondary N) is 3. The molecule has 0 aliphatic heterocycles. The van der Waals surface area contributed by atoms with Crippen LogP contribution in [0.4, 0.5) is 0 Å². The maximum absolute atomic E-state index is 11.5. The van der Waals surface area contributed by atoms with E-state index < -0.39 is 35.8 Å². The maximum atomic E-state index is 11.5. The van der Waals surface area contributed by atoms with Crippen molar-refractivity contribution in [1.82, 2.24) is 16.1 Å². The fourth-order valence-corrected chi connectivity index (χ4v) is 0.911. The lowest BCUT2D eigenvalue weighted by Gasteiger charge is -2.18. The standard InChI is InChI=1S/C9H18N4O4/c1-4(10)7(14)11-5(2)8(15)12-6(3)9(16)13-17/h4-6,17H,10H2,1-3H3,(H,11,14)(H,12,15)(H,13,16). The molecule has 0 fully saturated rings. The van der Waals surface area contributed by atoms with E-state index in [9.17, 15) is 14.4 Å². The molecule has 0 heterocycles. The Balaban J connectivity index is 4.23. The molecule has 0 radical (unpaired) electrons. The molecule has 17 heavy (non-hydrogen) atoms. The van der Waals surface area contributed by atoms with E-state index in [1.807, 2.05) is 0 Å². The second kappa shape index (κ2) is 6.81. The molecular formula is C9H18N4O4. The average molecular weight is 246 g/mol. The Labute approximate surface area is 98.9 Å². The van der Waals surface area contributed by atoms with Crippen molar-refractivity contribution in [3.63, 3.8) is 0 Å². The van der Waals surface area contributed by atoms with Crippen LogP contribution in [-0.4, -0.2) is 41.1 Å². The van der Waals surface area contributed by atoms with E-state index in [0.29, 0.717) is 0 Å². The summed E-state index contributed by atoms with van der Waals surface area (Å²) in [6.45, 7) is 4.34. The van der Waals surface area contributed by atoms with Crippen molar-refractivity contribution in [2.45, 2.75) is 38.9 Å². The van der Waals surface area contributed by atoms with Gasteiger partial charge in [0.1, 0.15) is 12.1 Å². The van der Waals surface area contributed by atoms with Crippen LogP contribution >= 0.6 is 0 Å². The van der Waals surface area contributed by atoms with E-state index >= 15 is 0 Å². The van der Waals surface area contributed by atoms with Crippen LogP contribution in [0.15, 0.2) is 0 Å². The minimum atomic E-state index is -0.901. The fourth-order valence-electron chi connectivity index (χ4n) is 0.911. The summed E-state index contributed by atoms with van der Waals surface area (Å²) in [5.74, 6) is -1.76. The van der Waals surface area contributed by atoms with Crippen LogP contribution < -0.4 is 21.8 Å². The van der Waals surface area contributed by atoms with Gasteiger partial charge in [-0.05, 0) is 20.8 Å². The van der Waals surface area contributed by atoms with Crippen LogP contribution in [0, 0.1) is 0 Å². The normalized spacial score (nSPS) is 15.4. The molecule has 6 N–H and O–H groups in total. The number of rotatable bonds is 5. The van der Waals surface area contributed by atoms with Crippen LogP contribution in [0.25, 0.3) is 0 Å². The van der Waals surface area contributed by atoms with Crippen LogP contribution in [0.3, 0.4) is 0 Å². The molecule has 8 nitrogen and oxygen atoms in total. The number of amides is 3. The van der Waals surface area contributed by atoms with Crippen molar-refractivity contribution in [2.24, 2.45) is 5.73 Å². The Hall–Kier alpha value is -1.67. The van der Waals surface area contributed by atoms with Gasteiger partial charge in [-0.25, -0.2) is 5.48 Å². The minimum absolute atomic E-state index is 0.466. The van der Waals surface area contributed by atoms with Gasteiger partial charge >= 0.3 is 0 Å². The highest BCUT2D eigenvalue weighted by molar-refractivity contribution is 5.92. The van der Waals surface area contributed by atoms with Gasteiger partial charge in [-0.3, -0.25) is 19.6 Å². The molecule has 0 saturated heterocycles. The largest absolute Gasteiger partial charge is 0.343 e. The second-order valence-electron chi connectivity index (χ2n) is 3.73. The van der Waals surface area contributed by atoms with E-state index in [0.717, 1.165) is 0 Å². The fraction of sp³-hybridized carbons (Fsp3) is 0.667. The summed E-state index contributed by atoms with van der Waals surface area (Å²) >= 11 is 0. The zero-order valence-electron chi connectivity index (χ0n) is 9.98. The van der Waals surface area contributed by atoms with E-state index in [2.05, 4.69) is 10.6 Å². The van der Waals surface area contributed by atoms with Crippen molar-refractivity contribution in [3.05, 3.63) is 0 Å². The zero-order valence-corrected chi connectivity index (χ0v) is 9.98. The van der Waals surface area contributed by atoms with Crippen molar-refractivity contribution in [1.29, 1.82) is 0 Å². The van der Waals surface area contributed by atoms with Crippen molar-refractivity contribution >= 4 is 17.7 Å². The first-order chi connectivity index (χ1) is 7.79. The van der Waals surface area contributed by atoms with E-state index in [1.165, 1.54) is 26.3 Å². The lowest BCUT2D eigenvalue weighted by atomic mass is 10.2. The molecule has 0 aromatic rings. The lowest BCUT2D eigenvalue weighted by molar-refractivity contribution is -0.135. The summed E-state index contributed by atoms with van der Waals surface area (Å²) in [7, 11) is 0. The first-order valence-electron chi connectivity index (χ1n) is 5.09. The number of nitrogens with two attached hydrogens (primary N) is 1. The summed E-state index contributed by atoms with van der Waals surface area (Å²) in [6.07, 6.45) is 0. The first-order valence-corrected chi connectivity index (χ1v) is 5.09. The molecule has 8 heteroatoms. The summed E-state index contributed by atoms with van der Waals surface area (Å²) in [5.41, 5.74) is 6.72. The molecule has 0 aromatic carbocycles. The molecular weight excluding hydrogens is 228 g/mol. The number of carbonyl (C=O) groups is 3. The SMILES string of the molecule is CC(N)C(=O)NC(C)C(=O)NC(C)C(=O)NO. The molecule has 0 rings (SSSR count). The van der Waals surface area contributed by atoms with Gasteiger partial charge in [0.25, 0.3) is 5.91 Å². The van der Waals surface area contributed by atoms with Gasteiger partial charge < -0.3 is 16.4 Å². The first kappa shape index (κ1) is 15.3. The van der Waals surface area contributed by atoms with Crippen LogP contribution in [-0.2, 0) is 14.4 Å². The van der Waals surface area contributed by atoms with E-state index in [4.69, 9.17) is 10.9 Å². The number of hydrogen-bond acceptors (Lipinski definition) is 5. The predicted octanol–water partition coefficient (Wildman–Crippen LogP) is -2.15. The van der Waals surface area contributed by atoms with Crippen LogP contribution in [0.2, 0.25) is 0 Å². The molecule has 0 aliphatic rings. The van der Waals surface area contributed by atoms with Gasteiger partial charge in [-0.1, -0.05) is 0 Å². The Bertz CT molecular complexity index is 305. The molecule has 0 aromatic heterocycles. The minimum Gasteiger partial charge on any atom is -0.343 e. The lowest BCUT2D eigenvalue weighted by Crippen LogP contribution is -2.53. The molecule has 98 valence electrons. The van der Waals surface area contributed by atoms with Crippen molar-refractivity contribution < 1.29 is 19.6 Å². The highest BCUT2D eigenvalue weighted by atomic mass is 16.5. The van der Waals surface area contributed by atoms with Gasteiger partial charge in [0, 0.05) is 0 Å². The second-order valence-corrected chi connectivity index (χ2v) is 3.73. The molecule has 0 bridgehead atoms. The Morgan fingerprint density at radius 2 is 1.35 bits per heavy atom.